The first-order valence-electron chi connectivity index (χ1n) is 6.31. The van der Waals surface area contributed by atoms with Gasteiger partial charge in [-0.15, -0.1) is 0 Å². The summed E-state index contributed by atoms with van der Waals surface area (Å²) in [5.74, 6) is 0. The molecule has 1 atom stereocenters. The predicted molar refractivity (Wildman–Crippen MR) is 69.8 cm³/mol. The first kappa shape index (κ1) is 15.9. The van der Waals surface area contributed by atoms with Gasteiger partial charge in [-0.1, -0.05) is 20.8 Å². The van der Waals surface area contributed by atoms with Crippen molar-refractivity contribution in [1.82, 2.24) is 0 Å². The van der Waals surface area contributed by atoms with Crippen LogP contribution in [0.5, 0.6) is 0 Å². The average molecular weight is 230 g/mol. The molecular formula is C14H30O2. The Balaban J connectivity index is 4.04. The molecule has 0 bridgehead atoms. The van der Waals surface area contributed by atoms with Crippen LogP contribution < -0.4 is 0 Å². The van der Waals surface area contributed by atoms with Crippen molar-refractivity contribution in [3.8, 4) is 0 Å². The molecular weight excluding hydrogens is 200 g/mol. The van der Waals surface area contributed by atoms with Crippen molar-refractivity contribution < 1.29 is 9.47 Å². The standard InChI is InChI=1S/C14H30O2/c1-11(2)15-10-14(7,8)16-12(3)9-13(4,5)6/h11-12H,9-10H2,1-8H3. The average Bonchev–Trinajstić information content (AvgIpc) is 1.95. The molecule has 2 nitrogen and oxygen atoms in total. The molecule has 0 aliphatic heterocycles. The van der Waals surface area contributed by atoms with Crippen LogP contribution in [0.1, 0.15) is 61.8 Å². The molecule has 0 saturated heterocycles. The second-order valence-electron chi connectivity index (χ2n) is 6.81. The lowest BCUT2D eigenvalue weighted by molar-refractivity contribution is -0.123. The summed E-state index contributed by atoms with van der Waals surface area (Å²) in [6, 6.07) is 0. The smallest absolute Gasteiger partial charge is 0.0862 e. The molecule has 98 valence electrons. The predicted octanol–water partition coefficient (Wildman–Crippen LogP) is 4.03. The summed E-state index contributed by atoms with van der Waals surface area (Å²) in [6.07, 6.45) is 1.60. The van der Waals surface area contributed by atoms with E-state index in [1.54, 1.807) is 0 Å². The zero-order chi connectivity index (χ0) is 13.0. The van der Waals surface area contributed by atoms with Gasteiger partial charge in [0.05, 0.1) is 24.4 Å². The van der Waals surface area contributed by atoms with E-state index in [0.29, 0.717) is 12.0 Å². The fourth-order valence-corrected chi connectivity index (χ4v) is 1.85. The fourth-order valence-electron chi connectivity index (χ4n) is 1.85. The van der Waals surface area contributed by atoms with Gasteiger partial charge in [-0.05, 0) is 46.5 Å². The number of rotatable bonds is 6. The van der Waals surface area contributed by atoms with Gasteiger partial charge in [-0.3, -0.25) is 0 Å². The largest absolute Gasteiger partial charge is 0.376 e. The van der Waals surface area contributed by atoms with Crippen molar-refractivity contribution in [3.05, 3.63) is 0 Å². The molecule has 0 aliphatic carbocycles. The molecule has 0 amide bonds. The van der Waals surface area contributed by atoms with E-state index in [1.165, 1.54) is 0 Å². The molecule has 0 aromatic rings. The third-order valence-electron chi connectivity index (χ3n) is 2.18. The fraction of sp³-hybridized carbons (Fsp3) is 1.00. The van der Waals surface area contributed by atoms with Crippen LogP contribution in [-0.2, 0) is 9.47 Å². The van der Waals surface area contributed by atoms with E-state index in [9.17, 15) is 0 Å². The Morgan fingerprint density at radius 2 is 1.44 bits per heavy atom. The van der Waals surface area contributed by atoms with E-state index in [0.717, 1.165) is 6.42 Å². The summed E-state index contributed by atoms with van der Waals surface area (Å²) in [4.78, 5) is 0. The first-order chi connectivity index (χ1) is 7.02. The zero-order valence-electron chi connectivity index (χ0n) is 12.4. The van der Waals surface area contributed by atoms with Crippen molar-refractivity contribution in [1.29, 1.82) is 0 Å². The Morgan fingerprint density at radius 1 is 0.938 bits per heavy atom. The lowest BCUT2D eigenvalue weighted by Gasteiger charge is -2.32. The molecule has 0 aromatic carbocycles. The van der Waals surface area contributed by atoms with Gasteiger partial charge in [0.25, 0.3) is 0 Å². The second kappa shape index (κ2) is 6.02. The molecule has 0 rings (SSSR count). The molecule has 0 aromatic heterocycles. The van der Waals surface area contributed by atoms with E-state index in [4.69, 9.17) is 9.47 Å². The van der Waals surface area contributed by atoms with E-state index in [2.05, 4.69) is 55.4 Å². The van der Waals surface area contributed by atoms with Crippen molar-refractivity contribution in [2.45, 2.75) is 79.6 Å². The highest BCUT2D eigenvalue weighted by atomic mass is 16.6. The molecule has 0 heterocycles. The quantitative estimate of drug-likeness (QED) is 0.686. The van der Waals surface area contributed by atoms with Crippen molar-refractivity contribution in [2.24, 2.45) is 5.41 Å². The summed E-state index contributed by atoms with van der Waals surface area (Å²) in [5.41, 5.74) is 0.114. The van der Waals surface area contributed by atoms with Crippen LogP contribution in [0.4, 0.5) is 0 Å². The monoisotopic (exact) mass is 230 g/mol. The van der Waals surface area contributed by atoms with Crippen LogP contribution >= 0.6 is 0 Å². The lowest BCUT2D eigenvalue weighted by Crippen LogP contribution is -2.36. The van der Waals surface area contributed by atoms with Gasteiger partial charge < -0.3 is 9.47 Å². The van der Waals surface area contributed by atoms with Gasteiger partial charge in [0.15, 0.2) is 0 Å². The maximum Gasteiger partial charge on any atom is 0.0862 e. The highest BCUT2D eigenvalue weighted by Gasteiger charge is 2.25. The van der Waals surface area contributed by atoms with Crippen LogP contribution in [-0.4, -0.2) is 24.4 Å². The Hall–Kier alpha value is -0.0800. The van der Waals surface area contributed by atoms with Gasteiger partial charge in [0.2, 0.25) is 0 Å². The summed E-state index contributed by atoms with van der Waals surface area (Å²) in [7, 11) is 0. The Labute approximate surface area is 102 Å². The summed E-state index contributed by atoms with van der Waals surface area (Å²) in [5, 5.41) is 0. The van der Waals surface area contributed by atoms with Crippen molar-refractivity contribution in [3.63, 3.8) is 0 Å². The minimum absolute atomic E-state index is 0.199. The minimum atomic E-state index is -0.199. The lowest BCUT2D eigenvalue weighted by atomic mass is 9.89. The van der Waals surface area contributed by atoms with E-state index in [1.807, 2.05) is 0 Å². The van der Waals surface area contributed by atoms with Crippen LogP contribution in [0.2, 0.25) is 0 Å². The van der Waals surface area contributed by atoms with Crippen LogP contribution in [0.15, 0.2) is 0 Å². The van der Waals surface area contributed by atoms with E-state index < -0.39 is 0 Å². The topological polar surface area (TPSA) is 18.5 Å². The van der Waals surface area contributed by atoms with Gasteiger partial charge in [-0.25, -0.2) is 0 Å². The third-order valence-corrected chi connectivity index (χ3v) is 2.18. The summed E-state index contributed by atoms with van der Waals surface area (Å²) >= 11 is 0. The molecule has 0 saturated carbocycles. The minimum Gasteiger partial charge on any atom is -0.376 e. The molecule has 0 spiro atoms. The van der Waals surface area contributed by atoms with Gasteiger partial charge in [0, 0.05) is 0 Å². The third kappa shape index (κ3) is 9.17. The highest BCUT2D eigenvalue weighted by Crippen LogP contribution is 2.25. The van der Waals surface area contributed by atoms with Crippen LogP contribution in [0.3, 0.4) is 0 Å². The van der Waals surface area contributed by atoms with E-state index in [-0.39, 0.29) is 17.8 Å². The molecule has 16 heavy (non-hydrogen) atoms. The van der Waals surface area contributed by atoms with Gasteiger partial charge in [0.1, 0.15) is 0 Å². The van der Waals surface area contributed by atoms with Gasteiger partial charge in [-0.2, -0.15) is 0 Å². The zero-order valence-corrected chi connectivity index (χ0v) is 12.4. The molecule has 0 N–H and O–H groups in total. The number of hydrogen-bond donors (Lipinski definition) is 0. The van der Waals surface area contributed by atoms with E-state index >= 15 is 0 Å². The molecule has 0 aliphatic rings. The Kier molecular flexibility index (Phi) is 5.99. The van der Waals surface area contributed by atoms with Gasteiger partial charge >= 0.3 is 0 Å². The highest BCUT2D eigenvalue weighted by molar-refractivity contribution is 4.73. The summed E-state index contributed by atoms with van der Waals surface area (Å²) in [6.45, 7) is 17.8. The number of ether oxygens (including phenoxy) is 2. The Morgan fingerprint density at radius 3 is 1.81 bits per heavy atom. The number of hydrogen-bond acceptors (Lipinski definition) is 2. The Bertz CT molecular complexity index is 189. The SMILES string of the molecule is CC(C)OCC(C)(C)OC(C)CC(C)(C)C. The molecule has 2 heteroatoms. The van der Waals surface area contributed by atoms with Crippen molar-refractivity contribution >= 4 is 0 Å². The van der Waals surface area contributed by atoms with Crippen LogP contribution in [0.25, 0.3) is 0 Å². The molecule has 0 fully saturated rings. The van der Waals surface area contributed by atoms with Crippen molar-refractivity contribution in [2.75, 3.05) is 6.61 Å². The first-order valence-corrected chi connectivity index (χ1v) is 6.31. The normalized spacial score (nSPS) is 15.6. The molecule has 1 unspecified atom stereocenters. The maximum absolute atomic E-state index is 6.04. The second-order valence-corrected chi connectivity index (χ2v) is 6.81. The maximum atomic E-state index is 6.04. The summed E-state index contributed by atoms with van der Waals surface area (Å²) < 4.78 is 11.7. The van der Waals surface area contributed by atoms with Crippen LogP contribution in [0, 0.1) is 5.41 Å². The molecule has 0 radical (unpaired) electrons.